The van der Waals surface area contributed by atoms with Crippen molar-refractivity contribution < 1.29 is 4.52 Å². The van der Waals surface area contributed by atoms with Gasteiger partial charge >= 0.3 is 0 Å². The minimum Gasteiger partial charge on any atom is -0.380 e. The van der Waals surface area contributed by atoms with Crippen LogP contribution in [0.3, 0.4) is 0 Å². The lowest BCUT2D eigenvalue weighted by Gasteiger charge is -2.00. The average molecular weight is 209 g/mol. The number of nitrogens with two attached hydrogens (primary N) is 1. The molecule has 0 fully saturated rings. The summed E-state index contributed by atoms with van der Waals surface area (Å²) in [6.45, 7) is 1.98. The van der Waals surface area contributed by atoms with Crippen molar-refractivity contribution in [2.24, 2.45) is 0 Å². The SMILES string of the molecule is Cc1ccccc1-c1onc(N)c1Cl. The second kappa shape index (κ2) is 3.35. The summed E-state index contributed by atoms with van der Waals surface area (Å²) in [5.41, 5.74) is 7.48. The number of hydrogen-bond acceptors (Lipinski definition) is 3. The Balaban J connectivity index is 2.60. The molecule has 2 N–H and O–H groups in total. The molecule has 2 aromatic rings. The predicted octanol–water partition coefficient (Wildman–Crippen LogP) is 2.89. The maximum absolute atomic E-state index is 5.93. The summed E-state index contributed by atoms with van der Waals surface area (Å²) < 4.78 is 5.06. The summed E-state index contributed by atoms with van der Waals surface area (Å²) in [7, 11) is 0. The molecule has 0 unspecified atom stereocenters. The van der Waals surface area contributed by atoms with Crippen molar-refractivity contribution in [2.75, 3.05) is 5.73 Å². The van der Waals surface area contributed by atoms with Crippen molar-refractivity contribution in [1.29, 1.82) is 0 Å². The van der Waals surface area contributed by atoms with Gasteiger partial charge in [0.25, 0.3) is 0 Å². The molecule has 4 heteroatoms. The highest BCUT2D eigenvalue weighted by molar-refractivity contribution is 6.35. The van der Waals surface area contributed by atoms with E-state index >= 15 is 0 Å². The zero-order valence-corrected chi connectivity index (χ0v) is 8.38. The summed E-state index contributed by atoms with van der Waals surface area (Å²) in [5.74, 6) is 0.757. The number of hydrogen-bond donors (Lipinski definition) is 1. The molecule has 2 rings (SSSR count). The Bertz CT molecular complexity index is 465. The van der Waals surface area contributed by atoms with Crippen LogP contribution in [0.5, 0.6) is 0 Å². The molecule has 0 spiro atoms. The fourth-order valence-corrected chi connectivity index (χ4v) is 1.46. The van der Waals surface area contributed by atoms with E-state index in [1.54, 1.807) is 0 Å². The standard InChI is InChI=1S/C10H9ClN2O/c1-6-4-2-3-5-7(6)9-8(11)10(12)13-14-9/h2-5H,1H3,(H2,12,13). The van der Waals surface area contributed by atoms with Crippen LogP contribution in [0.15, 0.2) is 28.8 Å². The predicted molar refractivity (Wildman–Crippen MR) is 56.1 cm³/mol. The van der Waals surface area contributed by atoms with Crippen LogP contribution in [-0.4, -0.2) is 5.16 Å². The lowest BCUT2D eigenvalue weighted by atomic mass is 10.1. The quantitative estimate of drug-likeness (QED) is 0.784. The minimum absolute atomic E-state index is 0.227. The van der Waals surface area contributed by atoms with E-state index in [0.717, 1.165) is 11.1 Å². The van der Waals surface area contributed by atoms with Crippen molar-refractivity contribution in [3.63, 3.8) is 0 Å². The van der Waals surface area contributed by atoms with Crippen LogP contribution in [0.4, 0.5) is 5.82 Å². The van der Waals surface area contributed by atoms with Crippen LogP contribution in [0.1, 0.15) is 5.56 Å². The Kier molecular flexibility index (Phi) is 2.17. The van der Waals surface area contributed by atoms with Gasteiger partial charge < -0.3 is 10.3 Å². The molecule has 1 heterocycles. The second-order valence-electron chi connectivity index (χ2n) is 3.03. The first-order valence-corrected chi connectivity index (χ1v) is 4.54. The smallest absolute Gasteiger partial charge is 0.187 e. The molecule has 1 aromatic heterocycles. The molecule has 72 valence electrons. The molecule has 0 aliphatic rings. The molecule has 3 nitrogen and oxygen atoms in total. The number of benzene rings is 1. The molecule has 0 saturated carbocycles. The molecule has 0 aliphatic carbocycles. The van der Waals surface area contributed by atoms with E-state index in [2.05, 4.69) is 5.16 Å². The van der Waals surface area contributed by atoms with Crippen molar-refractivity contribution in [2.45, 2.75) is 6.92 Å². The number of aryl methyl sites for hydroxylation is 1. The maximum Gasteiger partial charge on any atom is 0.187 e. The first kappa shape index (κ1) is 9.09. The van der Waals surface area contributed by atoms with Gasteiger partial charge in [0.1, 0.15) is 5.02 Å². The van der Waals surface area contributed by atoms with E-state index in [4.69, 9.17) is 21.9 Å². The largest absolute Gasteiger partial charge is 0.380 e. The minimum atomic E-state index is 0.227. The third kappa shape index (κ3) is 1.36. The van der Waals surface area contributed by atoms with Gasteiger partial charge in [0.05, 0.1) is 0 Å². The molecule has 0 saturated heterocycles. The monoisotopic (exact) mass is 208 g/mol. The molecule has 0 atom stereocenters. The number of rotatable bonds is 1. The van der Waals surface area contributed by atoms with Gasteiger partial charge in [-0.25, -0.2) is 0 Å². The van der Waals surface area contributed by atoms with Crippen molar-refractivity contribution in [3.8, 4) is 11.3 Å². The molecular formula is C10H9ClN2O. The number of aromatic nitrogens is 1. The van der Waals surface area contributed by atoms with Gasteiger partial charge in [-0.2, -0.15) is 0 Å². The summed E-state index contributed by atoms with van der Waals surface area (Å²) >= 11 is 5.93. The Morgan fingerprint density at radius 2 is 2.07 bits per heavy atom. The van der Waals surface area contributed by atoms with Gasteiger partial charge in [-0.15, -0.1) is 0 Å². The zero-order chi connectivity index (χ0) is 10.1. The summed E-state index contributed by atoms with van der Waals surface area (Å²) in [6, 6.07) is 7.76. The Labute approximate surface area is 86.5 Å². The number of halogens is 1. The van der Waals surface area contributed by atoms with E-state index in [-0.39, 0.29) is 5.82 Å². The molecule has 0 radical (unpaired) electrons. The van der Waals surface area contributed by atoms with Crippen molar-refractivity contribution >= 4 is 17.4 Å². The molecular weight excluding hydrogens is 200 g/mol. The third-order valence-electron chi connectivity index (χ3n) is 2.05. The topological polar surface area (TPSA) is 52.0 Å². The van der Waals surface area contributed by atoms with Gasteiger partial charge in [0, 0.05) is 5.56 Å². The number of nitrogen functional groups attached to an aromatic ring is 1. The second-order valence-corrected chi connectivity index (χ2v) is 3.40. The van der Waals surface area contributed by atoms with Crippen molar-refractivity contribution in [1.82, 2.24) is 5.16 Å². The van der Waals surface area contributed by atoms with Crippen LogP contribution >= 0.6 is 11.6 Å². The first-order valence-electron chi connectivity index (χ1n) is 4.17. The number of anilines is 1. The summed E-state index contributed by atoms with van der Waals surface area (Å²) in [5, 5.41) is 3.98. The highest BCUT2D eigenvalue weighted by atomic mass is 35.5. The normalized spacial score (nSPS) is 10.4. The van der Waals surface area contributed by atoms with Gasteiger partial charge in [-0.05, 0) is 12.5 Å². The number of nitrogens with zero attached hydrogens (tertiary/aromatic N) is 1. The molecule has 14 heavy (non-hydrogen) atoms. The average Bonchev–Trinajstić information content (AvgIpc) is 2.49. The van der Waals surface area contributed by atoms with Crippen LogP contribution in [0.2, 0.25) is 5.02 Å². The van der Waals surface area contributed by atoms with Gasteiger partial charge in [-0.3, -0.25) is 0 Å². The fraction of sp³-hybridized carbons (Fsp3) is 0.100. The maximum atomic E-state index is 5.93. The van der Waals surface area contributed by atoms with Gasteiger partial charge in [0.15, 0.2) is 11.6 Å². The van der Waals surface area contributed by atoms with Crippen LogP contribution < -0.4 is 5.73 Å². The van der Waals surface area contributed by atoms with Crippen LogP contribution in [0, 0.1) is 6.92 Å². The van der Waals surface area contributed by atoms with E-state index in [9.17, 15) is 0 Å². The van der Waals surface area contributed by atoms with E-state index < -0.39 is 0 Å². The van der Waals surface area contributed by atoms with Crippen LogP contribution in [0.25, 0.3) is 11.3 Å². The van der Waals surface area contributed by atoms with E-state index in [0.29, 0.717) is 10.8 Å². The van der Waals surface area contributed by atoms with Crippen molar-refractivity contribution in [3.05, 3.63) is 34.9 Å². The molecule has 0 amide bonds. The van der Waals surface area contributed by atoms with Gasteiger partial charge in [-0.1, -0.05) is 41.0 Å². The Morgan fingerprint density at radius 3 is 2.64 bits per heavy atom. The Hall–Kier alpha value is -1.48. The highest BCUT2D eigenvalue weighted by Crippen LogP contribution is 2.33. The lowest BCUT2D eigenvalue weighted by molar-refractivity contribution is 0.435. The van der Waals surface area contributed by atoms with E-state index in [1.165, 1.54) is 0 Å². The zero-order valence-electron chi connectivity index (χ0n) is 7.62. The summed E-state index contributed by atoms with van der Waals surface area (Å²) in [4.78, 5) is 0. The van der Waals surface area contributed by atoms with E-state index in [1.807, 2.05) is 31.2 Å². The fourth-order valence-electron chi connectivity index (χ4n) is 1.29. The van der Waals surface area contributed by atoms with Crippen LogP contribution in [-0.2, 0) is 0 Å². The Morgan fingerprint density at radius 1 is 1.36 bits per heavy atom. The third-order valence-corrected chi connectivity index (χ3v) is 2.41. The first-order chi connectivity index (χ1) is 6.70. The van der Waals surface area contributed by atoms with Gasteiger partial charge in [0.2, 0.25) is 0 Å². The summed E-state index contributed by atoms with van der Waals surface area (Å²) in [6.07, 6.45) is 0. The molecule has 0 bridgehead atoms. The molecule has 1 aromatic carbocycles. The highest BCUT2D eigenvalue weighted by Gasteiger charge is 2.14. The molecule has 0 aliphatic heterocycles. The lowest BCUT2D eigenvalue weighted by Crippen LogP contribution is -1.84.